The summed E-state index contributed by atoms with van der Waals surface area (Å²) in [5.74, 6) is 0.0299. The fourth-order valence-corrected chi connectivity index (χ4v) is 3.69. The van der Waals surface area contributed by atoms with Crippen LogP contribution in [0.15, 0.2) is 72.0 Å². The Labute approximate surface area is 184 Å². The minimum Gasteiger partial charge on any atom is -0.358 e. The fraction of sp³-hybridized carbons (Fsp3) is 0.136. The van der Waals surface area contributed by atoms with Crippen LogP contribution in [0.1, 0.15) is 18.3 Å². The quantitative estimate of drug-likeness (QED) is 0.416. The van der Waals surface area contributed by atoms with E-state index in [-0.39, 0.29) is 11.6 Å². The van der Waals surface area contributed by atoms with Crippen LogP contribution in [0.4, 0.5) is 19.0 Å². The number of hydrogen-bond donors (Lipinski definition) is 2. The molecule has 0 aliphatic heterocycles. The third kappa shape index (κ3) is 4.00. The first kappa shape index (κ1) is 20.6. The van der Waals surface area contributed by atoms with Gasteiger partial charge in [0.05, 0.1) is 35.4 Å². The van der Waals surface area contributed by atoms with E-state index in [0.29, 0.717) is 27.8 Å². The van der Waals surface area contributed by atoms with Crippen LogP contribution in [0.2, 0.25) is 0 Å². The Kier molecular flexibility index (Phi) is 5.00. The summed E-state index contributed by atoms with van der Waals surface area (Å²) in [6.45, 7) is 0. The number of para-hydroxylation sites is 2. The number of alkyl halides is 3. The van der Waals surface area contributed by atoms with E-state index >= 15 is 0 Å². The molecule has 0 bridgehead atoms. The molecular formula is C22H16F3N7O. The molecule has 0 saturated carbocycles. The third-order valence-electron chi connectivity index (χ3n) is 5.10. The van der Waals surface area contributed by atoms with Gasteiger partial charge < -0.3 is 10.3 Å². The molecule has 2 aromatic carbocycles. The first-order valence-electron chi connectivity index (χ1n) is 9.95. The van der Waals surface area contributed by atoms with E-state index < -0.39 is 24.2 Å². The molecule has 0 amide bonds. The van der Waals surface area contributed by atoms with Crippen LogP contribution in [-0.2, 0) is 0 Å². The Balaban J connectivity index is 1.75. The largest absolute Gasteiger partial charge is 0.391 e. The molecule has 0 saturated heterocycles. The molecule has 11 heteroatoms. The Hall–Kier alpha value is -4.28. The molecule has 0 aliphatic carbocycles. The average molecular weight is 451 g/mol. The maximum absolute atomic E-state index is 13.7. The molecule has 0 aliphatic rings. The predicted molar refractivity (Wildman–Crippen MR) is 116 cm³/mol. The van der Waals surface area contributed by atoms with Crippen LogP contribution in [0.5, 0.6) is 0 Å². The number of benzene rings is 2. The maximum Gasteiger partial charge on any atom is 0.391 e. The molecule has 5 rings (SSSR count). The van der Waals surface area contributed by atoms with E-state index in [4.69, 9.17) is 0 Å². The SMILES string of the molecule is O=c1c2ccccc2nc(C(CC(F)(F)F)Nc2ncnc3nc[nH]c23)n1-c1ccccc1. The van der Waals surface area contributed by atoms with Crippen LogP contribution in [0.3, 0.4) is 0 Å². The molecular weight excluding hydrogens is 435 g/mol. The smallest absolute Gasteiger partial charge is 0.358 e. The third-order valence-corrected chi connectivity index (χ3v) is 5.10. The van der Waals surface area contributed by atoms with Gasteiger partial charge in [-0.15, -0.1) is 0 Å². The molecule has 33 heavy (non-hydrogen) atoms. The van der Waals surface area contributed by atoms with Crippen LogP contribution >= 0.6 is 0 Å². The van der Waals surface area contributed by atoms with Crippen LogP contribution in [-0.4, -0.2) is 35.7 Å². The molecule has 1 atom stereocenters. The highest BCUT2D eigenvalue weighted by atomic mass is 19.4. The molecule has 5 aromatic rings. The van der Waals surface area contributed by atoms with Gasteiger partial charge in [-0.05, 0) is 24.3 Å². The van der Waals surface area contributed by atoms with Crippen molar-refractivity contribution < 1.29 is 13.2 Å². The van der Waals surface area contributed by atoms with Crippen molar-refractivity contribution >= 4 is 27.9 Å². The Morgan fingerprint density at radius 2 is 1.76 bits per heavy atom. The van der Waals surface area contributed by atoms with Crippen molar-refractivity contribution in [2.24, 2.45) is 0 Å². The highest BCUT2D eigenvalue weighted by Gasteiger charge is 2.36. The standard InChI is InChI=1S/C22H16F3N7O/c23-22(24,25)10-16(30-19-17-18(27-11-26-17)28-12-29-19)20-31-15-9-5-4-8-14(15)21(33)32(20)13-6-2-1-3-7-13/h1-9,11-12,16H,10H2,(H2,26,27,28,29,30). The number of fused-ring (bicyclic) bond motifs is 2. The van der Waals surface area contributed by atoms with Gasteiger partial charge in [0.1, 0.15) is 17.7 Å². The fourth-order valence-electron chi connectivity index (χ4n) is 3.69. The molecule has 8 nitrogen and oxygen atoms in total. The van der Waals surface area contributed by atoms with Gasteiger partial charge >= 0.3 is 6.18 Å². The molecule has 3 heterocycles. The number of aromatic amines is 1. The number of nitrogens with one attached hydrogen (secondary N) is 2. The van der Waals surface area contributed by atoms with Gasteiger partial charge in [-0.25, -0.2) is 19.9 Å². The summed E-state index contributed by atoms with van der Waals surface area (Å²) in [6, 6.07) is 13.6. The zero-order valence-corrected chi connectivity index (χ0v) is 16.9. The van der Waals surface area contributed by atoms with Gasteiger partial charge in [-0.3, -0.25) is 9.36 Å². The van der Waals surface area contributed by atoms with Gasteiger partial charge in [0.25, 0.3) is 5.56 Å². The molecule has 3 aromatic heterocycles. The second-order valence-electron chi connectivity index (χ2n) is 7.30. The number of anilines is 1. The summed E-state index contributed by atoms with van der Waals surface area (Å²) in [5, 5.41) is 3.12. The molecule has 0 radical (unpaired) electrons. The Bertz CT molecular complexity index is 1500. The van der Waals surface area contributed by atoms with Crippen molar-refractivity contribution in [2.45, 2.75) is 18.6 Å². The van der Waals surface area contributed by atoms with Crippen molar-refractivity contribution in [3.8, 4) is 5.69 Å². The minimum absolute atomic E-state index is 0.0893. The Morgan fingerprint density at radius 1 is 1.00 bits per heavy atom. The molecule has 0 fully saturated rings. The van der Waals surface area contributed by atoms with Crippen LogP contribution in [0.25, 0.3) is 27.8 Å². The number of imidazole rings is 1. The number of nitrogens with zero attached hydrogens (tertiary/aromatic N) is 5. The topological polar surface area (TPSA) is 101 Å². The maximum atomic E-state index is 13.7. The summed E-state index contributed by atoms with van der Waals surface area (Å²) in [7, 11) is 0. The zero-order valence-electron chi connectivity index (χ0n) is 16.9. The lowest BCUT2D eigenvalue weighted by atomic mass is 10.1. The van der Waals surface area contributed by atoms with Crippen molar-refractivity contribution in [1.29, 1.82) is 0 Å². The van der Waals surface area contributed by atoms with Crippen molar-refractivity contribution in [1.82, 2.24) is 29.5 Å². The van der Waals surface area contributed by atoms with E-state index in [2.05, 4.69) is 30.2 Å². The summed E-state index contributed by atoms with van der Waals surface area (Å²) >= 11 is 0. The van der Waals surface area contributed by atoms with Gasteiger partial charge in [0.15, 0.2) is 11.5 Å². The minimum atomic E-state index is -4.55. The van der Waals surface area contributed by atoms with E-state index in [1.807, 2.05) is 0 Å². The highest BCUT2D eigenvalue weighted by molar-refractivity contribution is 5.82. The summed E-state index contributed by atoms with van der Waals surface area (Å²) in [6.07, 6.45) is -3.27. The first-order valence-corrected chi connectivity index (χ1v) is 9.95. The molecule has 2 N–H and O–H groups in total. The number of aromatic nitrogens is 6. The van der Waals surface area contributed by atoms with Gasteiger partial charge in [-0.2, -0.15) is 13.2 Å². The predicted octanol–water partition coefficient (Wildman–Crippen LogP) is 4.16. The van der Waals surface area contributed by atoms with Crippen molar-refractivity contribution in [3.63, 3.8) is 0 Å². The number of rotatable bonds is 5. The molecule has 0 spiro atoms. The lowest BCUT2D eigenvalue weighted by molar-refractivity contribution is -0.137. The lowest BCUT2D eigenvalue weighted by Crippen LogP contribution is -2.30. The van der Waals surface area contributed by atoms with E-state index in [9.17, 15) is 18.0 Å². The van der Waals surface area contributed by atoms with Crippen molar-refractivity contribution in [2.75, 3.05) is 5.32 Å². The number of H-pyrrole nitrogens is 1. The van der Waals surface area contributed by atoms with Gasteiger partial charge in [-0.1, -0.05) is 30.3 Å². The molecule has 166 valence electrons. The second kappa shape index (κ2) is 8.01. The zero-order chi connectivity index (χ0) is 23.0. The normalized spacial score (nSPS) is 12.8. The molecule has 1 unspecified atom stereocenters. The van der Waals surface area contributed by atoms with Gasteiger partial charge in [0, 0.05) is 0 Å². The van der Waals surface area contributed by atoms with Crippen LogP contribution in [0, 0.1) is 0 Å². The Morgan fingerprint density at radius 3 is 2.55 bits per heavy atom. The van der Waals surface area contributed by atoms with Gasteiger partial charge in [0.2, 0.25) is 0 Å². The first-order chi connectivity index (χ1) is 15.9. The van der Waals surface area contributed by atoms with E-state index in [1.165, 1.54) is 17.2 Å². The monoisotopic (exact) mass is 451 g/mol. The van der Waals surface area contributed by atoms with Crippen LogP contribution < -0.4 is 10.9 Å². The summed E-state index contributed by atoms with van der Waals surface area (Å²) in [5.41, 5.74) is 0.876. The number of hydrogen-bond acceptors (Lipinski definition) is 6. The summed E-state index contributed by atoms with van der Waals surface area (Å²) in [4.78, 5) is 32.8. The van der Waals surface area contributed by atoms with Crippen molar-refractivity contribution in [3.05, 3.63) is 83.4 Å². The summed E-state index contributed by atoms with van der Waals surface area (Å²) < 4.78 is 42.3. The van der Waals surface area contributed by atoms with E-state index in [0.717, 1.165) is 0 Å². The van der Waals surface area contributed by atoms with E-state index in [1.54, 1.807) is 54.6 Å². The highest BCUT2D eigenvalue weighted by Crippen LogP contribution is 2.33. The lowest BCUT2D eigenvalue weighted by Gasteiger charge is -2.24. The average Bonchev–Trinajstić information content (AvgIpc) is 3.28. The second-order valence-corrected chi connectivity index (χ2v) is 7.30. The number of halogens is 3.